The molecule has 0 heterocycles. The molecule has 0 saturated carbocycles. The van der Waals surface area contributed by atoms with Gasteiger partial charge in [0, 0.05) is 24.0 Å². The maximum atomic E-state index is 10.7. The van der Waals surface area contributed by atoms with E-state index in [2.05, 4.69) is 5.32 Å². The summed E-state index contributed by atoms with van der Waals surface area (Å²) in [6.07, 6.45) is 0. The molecule has 0 spiro atoms. The molecular weight excluding hydrogens is 216 g/mol. The number of carbonyl (C=O) groups is 2. The van der Waals surface area contributed by atoms with Gasteiger partial charge in [0.1, 0.15) is 6.04 Å². The van der Waals surface area contributed by atoms with Gasteiger partial charge in [0.05, 0.1) is 0 Å². The molecule has 0 aromatic heterocycles. The van der Waals surface area contributed by atoms with Crippen LogP contribution in [0.2, 0.25) is 0 Å². The topological polar surface area (TPSA) is 92.4 Å². The summed E-state index contributed by atoms with van der Waals surface area (Å²) in [5.74, 6) is -0.448. The second-order valence-electron chi connectivity index (χ2n) is 3.75. The number of rotatable bonds is 6. The van der Waals surface area contributed by atoms with Crippen molar-refractivity contribution in [2.45, 2.75) is 31.6 Å². The molecule has 0 fully saturated rings. The first-order valence-corrected chi connectivity index (χ1v) is 5.62. The fraction of sp³-hybridized carbons (Fsp3) is 0.778. The van der Waals surface area contributed by atoms with Crippen LogP contribution < -0.4 is 11.1 Å². The quantitative estimate of drug-likeness (QED) is 0.565. The van der Waals surface area contributed by atoms with E-state index < -0.39 is 16.8 Å². The molecule has 0 radical (unpaired) electrons. The number of hydrogen-bond donors (Lipinski definition) is 3. The molecule has 1 amide bonds. The smallest absolute Gasteiger partial charge is 0.321 e. The van der Waals surface area contributed by atoms with Gasteiger partial charge < -0.3 is 16.2 Å². The zero-order chi connectivity index (χ0) is 12.1. The Hall–Kier alpha value is -0.750. The summed E-state index contributed by atoms with van der Waals surface area (Å²) in [5, 5.41) is 11.4. The number of aliphatic carboxylic acids is 1. The molecule has 0 bridgehead atoms. The summed E-state index contributed by atoms with van der Waals surface area (Å²) >= 11 is 1.44. The van der Waals surface area contributed by atoms with Crippen molar-refractivity contribution in [3.8, 4) is 0 Å². The molecule has 0 aliphatic heterocycles. The third-order valence-electron chi connectivity index (χ3n) is 1.97. The molecular formula is C9H18N2O3S. The van der Waals surface area contributed by atoms with Gasteiger partial charge in [-0.15, -0.1) is 0 Å². The van der Waals surface area contributed by atoms with Crippen molar-refractivity contribution in [2.75, 3.05) is 12.3 Å². The number of nitrogens with one attached hydrogen (secondary N) is 1. The Kier molecular flexibility index (Phi) is 5.67. The van der Waals surface area contributed by atoms with Crippen molar-refractivity contribution >= 4 is 23.6 Å². The molecule has 0 rings (SSSR count). The van der Waals surface area contributed by atoms with E-state index in [1.165, 1.54) is 18.7 Å². The first-order chi connectivity index (χ1) is 6.77. The number of nitrogens with two attached hydrogens (primary N) is 1. The van der Waals surface area contributed by atoms with Gasteiger partial charge in [0.25, 0.3) is 0 Å². The third kappa shape index (κ3) is 5.64. The van der Waals surface area contributed by atoms with Crippen LogP contribution in [0.15, 0.2) is 0 Å². The maximum Gasteiger partial charge on any atom is 0.321 e. The SMILES string of the molecule is CC(=O)NCCSC(C)(C)[C@@H](N)C(=O)O. The minimum Gasteiger partial charge on any atom is -0.480 e. The fourth-order valence-electron chi connectivity index (χ4n) is 0.928. The van der Waals surface area contributed by atoms with Crippen LogP contribution in [0.4, 0.5) is 0 Å². The summed E-state index contributed by atoms with van der Waals surface area (Å²) in [5.41, 5.74) is 5.53. The number of hydrogen-bond acceptors (Lipinski definition) is 4. The van der Waals surface area contributed by atoms with Crippen LogP contribution in [-0.4, -0.2) is 40.1 Å². The molecule has 6 heteroatoms. The lowest BCUT2D eigenvalue weighted by Crippen LogP contribution is -2.47. The summed E-state index contributed by atoms with van der Waals surface area (Å²) in [6, 6.07) is -0.903. The van der Waals surface area contributed by atoms with E-state index in [4.69, 9.17) is 10.8 Å². The van der Waals surface area contributed by atoms with Gasteiger partial charge in [0.15, 0.2) is 0 Å². The van der Waals surface area contributed by atoms with Gasteiger partial charge in [-0.1, -0.05) is 0 Å². The van der Waals surface area contributed by atoms with E-state index in [1.807, 2.05) is 0 Å². The summed E-state index contributed by atoms with van der Waals surface area (Å²) < 4.78 is -0.537. The second kappa shape index (κ2) is 5.97. The highest BCUT2D eigenvalue weighted by atomic mass is 32.2. The van der Waals surface area contributed by atoms with Gasteiger partial charge in [0.2, 0.25) is 5.91 Å². The Morgan fingerprint density at radius 1 is 1.53 bits per heavy atom. The number of carbonyl (C=O) groups excluding carboxylic acids is 1. The number of carboxylic acid groups (broad SMARTS) is 1. The minimum atomic E-state index is -1.01. The largest absolute Gasteiger partial charge is 0.480 e. The van der Waals surface area contributed by atoms with Crippen molar-refractivity contribution in [2.24, 2.45) is 5.73 Å². The zero-order valence-electron chi connectivity index (χ0n) is 9.24. The van der Waals surface area contributed by atoms with Crippen molar-refractivity contribution in [3.63, 3.8) is 0 Å². The molecule has 0 aliphatic carbocycles. The average Bonchev–Trinajstić information content (AvgIpc) is 2.10. The highest BCUT2D eigenvalue weighted by molar-refractivity contribution is 8.00. The first kappa shape index (κ1) is 14.2. The van der Waals surface area contributed by atoms with Crippen LogP contribution in [0.5, 0.6) is 0 Å². The van der Waals surface area contributed by atoms with Gasteiger partial charge in [-0.2, -0.15) is 11.8 Å². The molecule has 5 nitrogen and oxygen atoms in total. The van der Waals surface area contributed by atoms with Gasteiger partial charge in [-0.05, 0) is 13.8 Å². The number of amides is 1. The Bertz CT molecular complexity index is 244. The predicted molar refractivity (Wildman–Crippen MR) is 60.8 cm³/mol. The molecule has 0 unspecified atom stereocenters. The van der Waals surface area contributed by atoms with Gasteiger partial charge in [-0.25, -0.2) is 0 Å². The fourth-order valence-corrected chi connectivity index (χ4v) is 1.94. The monoisotopic (exact) mass is 234 g/mol. The molecule has 1 atom stereocenters. The normalized spacial score (nSPS) is 13.3. The molecule has 0 aromatic carbocycles. The van der Waals surface area contributed by atoms with Crippen molar-refractivity contribution < 1.29 is 14.7 Å². The molecule has 4 N–H and O–H groups in total. The van der Waals surface area contributed by atoms with Gasteiger partial charge >= 0.3 is 5.97 Å². The number of carboxylic acids is 1. The Balaban J connectivity index is 3.93. The van der Waals surface area contributed by atoms with Crippen LogP contribution in [-0.2, 0) is 9.59 Å². The Labute approximate surface area is 93.8 Å². The highest BCUT2D eigenvalue weighted by Gasteiger charge is 2.32. The van der Waals surface area contributed by atoms with E-state index >= 15 is 0 Å². The molecule has 0 saturated heterocycles. The molecule has 0 aromatic rings. The zero-order valence-corrected chi connectivity index (χ0v) is 10.1. The molecule has 88 valence electrons. The lowest BCUT2D eigenvalue weighted by atomic mass is 10.1. The lowest BCUT2D eigenvalue weighted by Gasteiger charge is -2.27. The van der Waals surface area contributed by atoms with E-state index in [-0.39, 0.29) is 5.91 Å². The van der Waals surface area contributed by atoms with E-state index in [9.17, 15) is 9.59 Å². The highest BCUT2D eigenvalue weighted by Crippen LogP contribution is 2.26. The molecule has 15 heavy (non-hydrogen) atoms. The maximum absolute atomic E-state index is 10.7. The van der Waals surface area contributed by atoms with Crippen molar-refractivity contribution in [3.05, 3.63) is 0 Å². The van der Waals surface area contributed by atoms with Crippen LogP contribution >= 0.6 is 11.8 Å². The van der Waals surface area contributed by atoms with E-state index in [1.54, 1.807) is 13.8 Å². The van der Waals surface area contributed by atoms with Crippen LogP contribution in [0.1, 0.15) is 20.8 Å². The van der Waals surface area contributed by atoms with E-state index in [0.29, 0.717) is 12.3 Å². The third-order valence-corrected chi connectivity index (χ3v) is 3.37. The summed E-state index contributed by atoms with van der Waals surface area (Å²) in [7, 11) is 0. The van der Waals surface area contributed by atoms with Crippen LogP contribution in [0.25, 0.3) is 0 Å². The summed E-state index contributed by atoms with van der Waals surface area (Å²) in [4.78, 5) is 21.2. The lowest BCUT2D eigenvalue weighted by molar-refractivity contribution is -0.139. The standard InChI is InChI=1S/C9H18N2O3S/c1-6(12)11-4-5-15-9(2,3)7(10)8(13)14/h7H,4-5,10H2,1-3H3,(H,11,12)(H,13,14)/t7-/m0/s1. The Morgan fingerprint density at radius 3 is 2.47 bits per heavy atom. The minimum absolute atomic E-state index is 0.0871. The first-order valence-electron chi connectivity index (χ1n) is 4.64. The second-order valence-corrected chi connectivity index (χ2v) is 5.50. The van der Waals surface area contributed by atoms with E-state index in [0.717, 1.165) is 0 Å². The van der Waals surface area contributed by atoms with Crippen LogP contribution in [0.3, 0.4) is 0 Å². The number of thioether (sulfide) groups is 1. The average molecular weight is 234 g/mol. The summed E-state index contributed by atoms with van der Waals surface area (Å²) in [6.45, 7) is 5.53. The van der Waals surface area contributed by atoms with Crippen LogP contribution in [0, 0.1) is 0 Å². The van der Waals surface area contributed by atoms with Gasteiger partial charge in [-0.3, -0.25) is 9.59 Å². The van der Waals surface area contributed by atoms with Crippen molar-refractivity contribution in [1.29, 1.82) is 0 Å². The molecule has 0 aliphatic rings. The predicted octanol–water partition coefficient (Wildman–Crippen LogP) is 0.0462. The van der Waals surface area contributed by atoms with Crippen molar-refractivity contribution in [1.82, 2.24) is 5.32 Å². The Morgan fingerprint density at radius 2 is 2.07 bits per heavy atom.